The first-order valence-corrected chi connectivity index (χ1v) is 11.5. The van der Waals surface area contributed by atoms with E-state index in [1.54, 1.807) is 0 Å². The minimum absolute atomic E-state index is 0.0906. The number of anilines is 2. The lowest BCUT2D eigenvalue weighted by atomic mass is 9.86. The van der Waals surface area contributed by atoms with Crippen molar-refractivity contribution in [1.29, 1.82) is 0 Å². The van der Waals surface area contributed by atoms with E-state index in [2.05, 4.69) is 14.8 Å². The second-order valence-corrected chi connectivity index (χ2v) is 9.15. The standard InChI is InChI=1S/C21H23F3N2O6S/c1-31-18-12-13(25-20(28)16-7-2-3-8-17(16)27)9-10-19(18)33(29,30)26-14-5-4-6-15(11-14)32-21(22,23)24/h4-6,9-12,16-17,26-27H,2-3,7-8H2,1H3,(H,25,28)/t16-,17+/m0/s1. The molecule has 1 fully saturated rings. The molecule has 0 aromatic heterocycles. The zero-order valence-corrected chi connectivity index (χ0v) is 18.4. The number of nitrogens with one attached hydrogen (secondary N) is 2. The fourth-order valence-electron chi connectivity index (χ4n) is 3.59. The third-order valence-electron chi connectivity index (χ3n) is 5.11. The number of ether oxygens (including phenoxy) is 2. The van der Waals surface area contributed by atoms with Gasteiger partial charge in [0, 0.05) is 17.8 Å². The number of methoxy groups -OCH3 is 1. The smallest absolute Gasteiger partial charge is 0.495 e. The monoisotopic (exact) mass is 488 g/mol. The zero-order chi connectivity index (χ0) is 24.2. The van der Waals surface area contributed by atoms with E-state index in [-0.39, 0.29) is 27.9 Å². The van der Waals surface area contributed by atoms with Gasteiger partial charge < -0.3 is 19.9 Å². The second-order valence-electron chi connectivity index (χ2n) is 7.49. The third-order valence-corrected chi connectivity index (χ3v) is 6.53. The number of hydrogen-bond donors (Lipinski definition) is 3. The van der Waals surface area contributed by atoms with Gasteiger partial charge in [0.1, 0.15) is 16.4 Å². The van der Waals surface area contributed by atoms with E-state index in [1.165, 1.54) is 37.4 Å². The Morgan fingerprint density at radius 1 is 1.09 bits per heavy atom. The molecule has 0 bridgehead atoms. The number of sulfonamides is 1. The average molecular weight is 488 g/mol. The van der Waals surface area contributed by atoms with E-state index in [9.17, 15) is 31.5 Å². The number of amides is 1. The van der Waals surface area contributed by atoms with Crippen molar-refractivity contribution in [1.82, 2.24) is 0 Å². The van der Waals surface area contributed by atoms with Gasteiger partial charge in [0.25, 0.3) is 10.0 Å². The second kappa shape index (κ2) is 9.87. The van der Waals surface area contributed by atoms with Crippen molar-refractivity contribution in [3.05, 3.63) is 42.5 Å². The fraction of sp³-hybridized carbons (Fsp3) is 0.381. The van der Waals surface area contributed by atoms with Crippen LogP contribution in [0.1, 0.15) is 25.7 Å². The lowest BCUT2D eigenvalue weighted by Gasteiger charge is -2.26. The number of alkyl halides is 3. The highest BCUT2D eigenvalue weighted by Gasteiger charge is 2.32. The minimum Gasteiger partial charge on any atom is -0.495 e. The maximum Gasteiger partial charge on any atom is 0.573 e. The van der Waals surface area contributed by atoms with Gasteiger partial charge in [0.05, 0.1) is 24.8 Å². The number of rotatable bonds is 7. The molecule has 1 aliphatic carbocycles. The zero-order valence-electron chi connectivity index (χ0n) is 17.6. The Bertz CT molecular complexity index is 1110. The topological polar surface area (TPSA) is 114 Å². The Hall–Kier alpha value is -2.99. The maximum atomic E-state index is 12.8. The molecule has 0 heterocycles. The first kappa shape index (κ1) is 24.6. The van der Waals surface area contributed by atoms with E-state index in [4.69, 9.17) is 4.74 Å². The van der Waals surface area contributed by atoms with Crippen LogP contribution >= 0.6 is 0 Å². The highest BCUT2D eigenvalue weighted by atomic mass is 32.2. The van der Waals surface area contributed by atoms with Crippen LogP contribution in [0.15, 0.2) is 47.4 Å². The summed E-state index contributed by atoms with van der Waals surface area (Å²) in [7, 11) is -3.02. The van der Waals surface area contributed by atoms with Gasteiger partial charge in [-0.25, -0.2) is 8.42 Å². The van der Waals surface area contributed by atoms with Gasteiger partial charge in [-0.15, -0.1) is 13.2 Å². The molecule has 3 N–H and O–H groups in total. The van der Waals surface area contributed by atoms with Crippen molar-refractivity contribution in [2.75, 3.05) is 17.1 Å². The number of halogens is 3. The Morgan fingerprint density at radius 2 is 1.82 bits per heavy atom. The Balaban J connectivity index is 1.78. The van der Waals surface area contributed by atoms with Crippen LogP contribution in [-0.2, 0) is 14.8 Å². The minimum atomic E-state index is -4.92. The molecule has 8 nitrogen and oxygen atoms in total. The third kappa shape index (κ3) is 6.51. The molecule has 0 saturated heterocycles. The molecule has 0 spiro atoms. The van der Waals surface area contributed by atoms with Crippen LogP contribution < -0.4 is 19.5 Å². The number of benzene rings is 2. The Labute approximate surface area is 188 Å². The van der Waals surface area contributed by atoms with E-state index < -0.39 is 34.2 Å². The molecule has 1 aliphatic rings. The summed E-state index contributed by atoms with van der Waals surface area (Å²) in [4.78, 5) is 12.2. The lowest BCUT2D eigenvalue weighted by molar-refractivity contribution is -0.274. The molecule has 0 radical (unpaired) electrons. The summed E-state index contributed by atoms with van der Waals surface area (Å²) in [6.45, 7) is 0. The Kier molecular flexibility index (Phi) is 7.38. The molecular weight excluding hydrogens is 465 g/mol. The summed E-state index contributed by atoms with van der Waals surface area (Å²) in [5.74, 6) is -1.61. The highest BCUT2D eigenvalue weighted by molar-refractivity contribution is 7.92. The molecule has 1 amide bonds. The summed E-state index contributed by atoms with van der Waals surface area (Å²) in [5.41, 5.74) is 0.122. The van der Waals surface area contributed by atoms with Crippen molar-refractivity contribution in [2.24, 2.45) is 5.92 Å². The number of aliphatic hydroxyl groups excluding tert-OH is 1. The van der Waals surface area contributed by atoms with Gasteiger partial charge in [-0.2, -0.15) is 0 Å². The predicted octanol–water partition coefficient (Wildman–Crippen LogP) is 3.88. The molecule has 3 rings (SSSR count). The quantitative estimate of drug-likeness (QED) is 0.545. The van der Waals surface area contributed by atoms with Crippen LogP contribution in [0, 0.1) is 5.92 Å². The molecule has 1 saturated carbocycles. The first-order valence-electron chi connectivity index (χ1n) is 10.0. The largest absolute Gasteiger partial charge is 0.573 e. The van der Waals surface area contributed by atoms with Crippen LogP contribution in [0.2, 0.25) is 0 Å². The Morgan fingerprint density at radius 3 is 2.48 bits per heavy atom. The summed E-state index contributed by atoms with van der Waals surface area (Å²) < 4.78 is 74.1. The van der Waals surface area contributed by atoms with Gasteiger partial charge >= 0.3 is 6.36 Å². The van der Waals surface area contributed by atoms with Crippen LogP contribution in [0.3, 0.4) is 0 Å². The van der Waals surface area contributed by atoms with Crippen LogP contribution in [0.4, 0.5) is 24.5 Å². The molecule has 0 unspecified atom stereocenters. The van der Waals surface area contributed by atoms with Crippen molar-refractivity contribution in [2.45, 2.75) is 43.0 Å². The maximum absolute atomic E-state index is 12.8. The number of aliphatic hydroxyl groups is 1. The van der Waals surface area contributed by atoms with Crippen molar-refractivity contribution in [3.8, 4) is 11.5 Å². The molecule has 33 heavy (non-hydrogen) atoms. The van der Waals surface area contributed by atoms with Crippen LogP contribution in [-0.4, -0.2) is 39.0 Å². The normalized spacial score (nSPS) is 18.9. The number of carbonyl (C=O) groups is 1. The first-order chi connectivity index (χ1) is 15.5. The predicted molar refractivity (Wildman–Crippen MR) is 114 cm³/mol. The number of hydrogen-bond acceptors (Lipinski definition) is 6. The molecule has 2 atom stereocenters. The van der Waals surface area contributed by atoms with E-state index in [0.717, 1.165) is 25.0 Å². The summed E-state index contributed by atoms with van der Waals surface area (Å²) in [5, 5.41) is 12.7. The molecular formula is C21H23F3N2O6S. The number of carbonyl (C=O) groups excluding carboxylic acids is 1. The summed E-state index contributed by atoms with van der Waals surface area (Å²) in [6.07, 6.45) is -2.88. The van der Waals surface area contributed by atoms with Gasteiger partial charge in [-0.05, 0) is 37.1 Å². The van der Waals surface area contributed by atoms with Crippen LogP contribution in [0.5, 0.6) is 11.5 Å². The van der Waals surface area contributed by atoms with Crippen molar-refractivity contribution >= 4 is 27.3 Å². The fourth-order valence-corrected chi connectivity index (χ4v) is 4.79. The highest BCUT2D eigenvalue weighted by Crippen LogP contribution is 2.32. The van der Waals surface area contributed by atoms with E-state index in [0.29, 0.717) is 12.8 Å². The molecule has 180 valence electrons. The van der Waals surface area contributed by atoms with E-state index >= 15 is 0 Å². The average Bonchev–Trinajstić information content (AvgIpc) is 2.72. The van der Waals surface area contributed by atoms with Gasteiger partial charge in [-0.1, -0.05) is 18.9 Å². The molecule has 2 aromatic rings. The lowest BCUT2D eigenvalue weighted by Crippen LogP contribution is -2.35. The van der Waals surface area contributed by atoms with Crippen LogP contribution in [0.25, 0.3) is 0 Å². The summed E-state index contributed by atoms with van der Waals surface area (Å²) in [6, 6.07) is 8.25. The molecule has 2 aromatic carbocycles. The molecule has 0 aliphatic heterocycles. The SMILES string of the molecule is COc1cc(NC(=O)[C@H]2CCCC[C@H]2O)ccc1S(=O)(=O)Nc1cccc(OC(F)(F)F)c1. The van der Waals surface area contributed by atoms with Gasteiger partial charge in [-0.3, -0.25) is 9.52 Å². The summed E-state index contributed by atoms with van der Waals surface area (Å²) >= 11 is 0. The van der Waals surface area contributed by atoms with Crippen molar-refractivity contribution in [3.63, 3.8) is 0 Å². The van der Waals surface area contributed by atoms with Crippen molar-refractivity contribution < 1.29 is 41.0 Å². The van der Waals surface area contributed by atoms with E-state index in [1.807, 2.05) is 0 Å². The van der Waals surface area contributed by atoms with Gasteiger partial charge in [0.2, 0.25) is 5.91 Å². The molecule has 12 heteroatoms. The van der Waals surface area contributed by atoms with Gasteiger partial charge in [0.15, 0.2) is 0 Å².